The van der Waals surface area contributed by atoms with E-state index in [1.165, 1.54) is 12.1 Å². The zero-order chi connectivity index (χ0) is 23.5. The normalized spacial score (nSPS) is 12.4. The molecule has 0 radical (unpaired) electrons. The highest BCUT2D eigenvalue weighted by Crippen LogP contribution is 2.23. The van der Waals surface area contributed by atoms with Crippen molar-refractivity contribution in [3.05, 3.63) is 65.6 Å². The fourth-order valence-corrected chi connectivity index (χ4v) is 3.34. The summed E-state index contributed by atoms with van der Waals surface area (Å²) in [6.07, 6.45) is 0. The van der Waals surface area contributed by atoms with Crippen molar-refractivity contribution in [2.45, 2.75) is 33.4 Å². The number of rotatable bonds is 7. The molecule has 32 heavy (non-hydrogen) atoms. The van der Waals surface area contributed by atoms with Crippen LogP contribution in [0.15, 0.2) is 48.5 Å². The topological polar surface area (TPSA) is 126 Å². The first-order valence-electron chi connectivity index (χ1n) is 10.2. The lowest BCUT2D eigenvalue weighted by atomic mass is 9.86. The smallest absolute Gasteiger partial charge is 0.273 e. The summed E-state index contributed by atoms with van der Waals surface area (Å²) in [5.74, 6) is -1.42. The summed E-state index contributed by atoms with van der Waals surface area (Å²) in [5, 5.41) is 17.8. The minimum atomic E-state index is -0.865. The molecular weight excluding hydrogens is 411 g/mol. The largest absolute Gasteiger partial charge is 0.386 e. The predicted molar refractivity (Wildman–Crippen MR) is 121 cm³/mol. The quantitative estimate of drug-likeness (QED) is 0.334. The van der Waals surface area contributed by atoms with Crippen molar-refractivity contribution in [1.29, 1.82) is 5.41 Å². The van der Waals surface area contributed by atoms with Crippen molar-refractivity contribution in [3.63, 3.8) is 0 Å². The van der Waals surface area contributed by atoms with Crippen molar-refractivity contribution in [2.75, 3.05) is 6.54 Å². The van der Waals surface area contributed by atoms with Crippen LogP contribution in [-0.4, -0.2) is 40.0 Å². The lowest BCUT2D eigenvalue weighted by Crippen LogP contribution is -2.54. The molecular formula is C23H27FN6O2. The Hall–Kier alpha value is -3.75. The van der Waals surface area contributed by atoms with Gasteiger partial charge in [-0.05, 0) is 29.2 Å². The molecule has 0 aliphatic rings. The molecule has 168 valence electrons. The molecule has 0 unspecified atom stereocenters. The minimum Gasteiger partial charge on any atom is -0.386 e. The van der Waals surface area contributed by atoms with E-state index in [2.05, 4.69) is 15.7 Å². The van der Waals surface area contributed by atoms with Crippen LogP contribution in [0.2, 0.25) is 0 Å². The van der Waals surface area contributed by atoms with Gasteiger partial charge in [0.25, 0.3) is 5.91 Å². The summed E-state index contributed by atoms with van der Waals surface area (Å²) >= 11 is 0. The number of hydrogen-bond acceptors (Lipinski definition) is 4. The lowest BCUT2D eigenvalue weighted by molar-refractivity contribution is -0.125. The number of nitrogens with two attached hydrogens (primary N) is 1. The van der Waals surface area contributed by atoms with Gasteiger partial charge in [-0.3, -0.25) is 19.7 Å². The maximum Gasteiger partial charge on any atom is 0.273 e. The predicted octanol–water partition coefficient (Wildman–Crippen LogP) is 2.42. The van der Waals surface area contributed by atoms with Crippen LogP contribution in [0.4, 0.5) is 4.39 Å². The van der Waals surface area contributed by atoms with Gasteiger partial charge in [0, 0.05) is 5.39 Å². The summed E-state index contributed by atoms with van der Waals surface area (Å²) < 4.78 is 14.9. The van der Waals surface area contributed by atoms with Gasteiger partial charge in [-0.25, -0.2) is 4.39 Å². The van der Waals surface area contributed by atoms with Crippen LogP contribution in [0.3, 0.4) is 0 Å². The molecule has 1 atom stereocenters. The van der Waals surface area contributed by atoms with Gasteiger partial charge in [-0.1, -0.05) is 51.1 Å². The third-order valence-corrected chi connectivity index (χ3v) is 4.98. The van der Waals surface area contributed by atoms with E-state index >= 15 is 0 Å². The molecule has 8 nitrogen and oxygen atoms in total. The number of aromatic nitrogens is 2. The second-order valence-corrected chi connectivity index (χ2v) is 8.67. The zero-order valence-corrected chi connectivity index (χ0v) is 18.3. The van der Waals surface area contributed by atoms with Crippen molar-refractivity contribution in [1.82, 2.24) is 20.4 Å². The molecule has 0 aliphatic carbocycles. The molecule has 1 heterocycles. The Bertz CT molecular complexity index is 1150. The first-order valence-corrected chi connectivity index (χ1v) is 10.2. The number of hydrogen-bond donors (Lipinski definition) is 4. The molecule has 0 saturated heterocycles. The molecule has 2 aromatic carbocycles. The van der Waals surface area contributed by atoms with E-state index in [0.717, 1.165) is 11.1 Å². The molecule has 2 amide bonds. The van der Waals surface area contributed by atoms with Crippen molar-refractivity contribution < 1.29 is 14.0 Å². The van der Waals surface area contributed by atoms with Gasteiger partial charge in [-0.2, -0.15) is 5.10 Å². The number of amidine groups is 1. The Morgan fingerprint density at radius 3 is 2.44 bits per heavy atom. The standard InChI is InChI=1S/C23H27FN6O2/c1-23(2,3)20(22(32)27-12-18(25)26)28-21(31)19-16-6-4-5-7-17(16)30(29-19)13-14-8-10-15(24)11-9-14/h4-11,20H,12-13H2,1-3H3,(H3,25,26)(H,27,32)(H,28,31)/t20-/m1/s1. The van der Waals surface area contributed by atoms with Gasteiger partial charge in [-0.15, -0.1) is 0 Å². The molecule has 0 spiro atoms. The Kier molecular flexibility index (Phi) is 6.57. The van der Waals surface area contributed by atoms with Crippen molar-refractivity contribution >= 4 is 28.6 Å². The number of carbonyl (C=O) groups excluding carboxylic acids is 2. The van der Waals surface area contributed by atoms with Crippen LogP contribution < -0.4 is 16.4 Å². The Balaban J connectivity index is 1.90. The number of halogens is 1. The van der Waals surface area contributed by atoms with Gasteiger partial charge >= 0.3 is 0 Å². The van der Waals surface area contributed by atoms with Crippen LogP contribution in [0.25, 0.3) is 10.9 Å². The SMILES string of the molecule is CC(C)(C)[C@H](NC(=O)c1nn(Cc2ccc(F)cc2)c2ccccc12)C(=O)NCC(=N)N. The molecule has 0 saturated carbocycles. The van der Waals surface area contributed by atoms with Crippen LogP contribution in [0, 0.1) is 16.6 Å². The number of para-hydroxylation sites is 1. The van der Waals surface area contributed by atoms with E-state index < -0.39 is 23.3 Å². The van der Waals surface area contributed by atoms with E-state index in [-0.39, 0.29) is 23.9 Å². The fraction of sp³-hybridized carbons (Fsp3) is 0.304. The fourth-order valence-electron chi connectivity index (χ4n) is 3.34. The van der Waals surface area contributed by atoms with Crippen LogP contribution in [0.1, 0.15) is 36.8 Å². The summed E-state index contributed by atoms with van der Waals surface area (Å²) in [6, 6.07) is 12.5. The first kappa shape index (κ1) is 22.9. The average molecular weight is 439 g/mol. The molecule has 0 bridgehead atoms. The first-order chi connectivity index (χ1) is 15.1. The Morgan fingerprint density at radius 2 is 1.81 bits per heavy atom. The van der Waals surface area contributed by atoms with E-state index in [1.54, 1.807) is 22.9 Å². The monoisotopic (exact) mass is 438 g/mol. The molecule has 1 aromatic heterocycles. The summed E-state index contributed by atoms with van der Waals surface area (Å²) in [5.41, 5.74) is 6.50. The molecule has 3 rings (SSSR count). The molecule has 0 aliphatic heterocycles. The molecule has 3 aromatic rings. The number of carbonyl (C=O) groups is 2. The second kappa shape index (κ2) is 9.17. The molecule has 9 heteroatoms. The number of amides is 2. The summed E-state index contributed by atoms with van der Waals surface area (Å²) in [6.45, 7) is 5.75. The second-order valence-electron chi connectivity index (χ2n) is 8.67. The number of fused-ring (bicyclic) bond motifs is 1. The van der Waals surface area contributed by atoms with Crippen LogP contribution in [-0.2, 0) is 11.3 Å². The zero-order valence-electron chi connectivity index (χ0n) is 18.3. The third-order valence-electron chi connectivity index (χ3n) is 4.98. The van der Waals surface area contributed by atoms with E-state index in [1.807, 2.05) is 39.0 Å². The molecule has 5 N–H and O–H groups in total. The van der Waals surface area contributed by atoms with Gasteiger partial charge in [0.2, 0.25) is 5.91 Å². The highest BCUT2D eigenvalue weighted by Gasteiger charge is 2.34. The number of benzene rings is 2. The van der Waals surface area contributed by atoms with Gasteiger partial charge in [0.15, 0.2) is 5.69 Å². The highest BCUT2D eigenvalue weighted by atomic mass is 19.1. The van der Waals surface area contributed by atoms with E-state index in [0.29, 0.717) is 11.9 Å². The Labute approximate surface area is 185 Å². The maximum absolute atomic E-state index is 13.2. The van der Waals surface area contributed by atoms with Gasteiger partial charge in [0.1, 0.15) is 17.7 Å². The third kappa shape index (κ3) is 5.29. The highest BCUT2D eigenvalue weighted by molar-refractivity contribution is 6.06. The maximum atomic E-state index is 13.2. The van der Waals surface area contributed by atoms with Gasteiger partial charge in [0.05, 0.1) is 18.6 Å². The van der Waals surface area contributed by atoms with E-state index in [9.17, 15) is 14.0 Å². The number of nitrogens with zero attached hydrogens (tertiary/aromatic N) is 2. The van der Waals surface area contributed by atoms with Gasteiger partial charge < -0.3 is 16.4 Å². The number of nitrogens with one attached hydrogen (secondary N) is 3. The summed E-state index contributed by atoms with van der Waals surface area (Å²) in [7, 11) is 0. The van der Waals surface area contributed by atoms with Crippen LogP contribution >= 0.6 is 0 Å². The minimum absolute atomic E-state index is 0.101. The van der Waals surface area contributed by atoms with Crippen molar-refractivity contribution in [3.8, 4) is 0 Å². The van der Waals surface area contributed by atoms with E-state index in [4.69, 9.17) is 11.1 Å². The van der Waals surface area contributed by atoms with Crippen molar-refractivity contribution in [2.24, 2.45) is 11.1 Å². The Morgan fingerprint density at radius 1 is 1.16 bits per heavy atom. The summed E-state index contributed by atoms with van der Waals surface area (Å²) in [4.78, 5) is 25.8. The average Bonchev–Trinajstić information content (AvgIpc) is 3.09. The lowest BCUT2D eigenvalue weighted by Gasteiger charge is -2.30. The van der Waals surface area contributed by atoms with Crippen LogP contribution in [0.5, 0.6) is 0 Å². The molecule has 0 fully saturated rings.